The maximum absolute atomic E-state index is 11.0. The molecule has 1 amide bonds. The number of anilines is 1. The fourth-order valence-electron chi connectivity index (χ4n) is 1.49. The number of halogens is 1. The van der Waals surface area contributed by atoms with Gasteiger partial charge in [0.05, 0.1) is 13.1 Å². The van der Waals surface area contributed by atoms with E-state index in [1.165, 1.54) is 6.92 Å². The van der Waals surface area contributed by atoms with E-state index < -0.39 is 0 Å². The Labute approximate surface area is 148 Å². The molecule has 0 spiro atoms. The van der Waals surface area contributed by atoms with Crippen LogP contribution in [-0.2, 0) is 4.79 Å². The maximum Gasteiger partial charge on any atom is 0.221 e. The van der Waals surface area contributed by atoms with Gasteiger partial charge in [0.25, 0.3) is 0 Å². The molecular formula is C15H23IN4O2. The SMILES string of the molecule is C=C(C)CN=C(N)NCCOc1cccc(NC(C)=O)c1.I. The van der Waals surface area contributed by atoms with Crippen LogP contribution in [0, 0.1) is 0 Å². The molecule has 0 aromatic heterocycles. The lowest BCUT2D eigenvalue weighted by Gasteiger charge is -2.09. The van der Waals surface area contributed by atoms with Crippen LogP contribution in [0.2, 0.25) is 0 Å². The van der Waals surface area contributed by atoms with Gasteiger partial charge in [-0.2, -0.15) is 0 Å². The van der Waals surface area contributed by atoms with E-state index in [-0.39, 0.29) is 29.9 Å². The summed E-state index contributed by atoms with van der Waals surface area (Å²) < 4.78 is 5.56. The number of nitrogens with zero attached hydrogens (tertiary/aromatic N) is 1. The molecule has 1 aromatic carbocycles. The van der Waals surface area contributed by atoms with E-state index in [1.54, 1.807) is 12.1 Å². The minimum Gasteiger partial charge on any atom is -0.492 e. The fraction of sp³-hybridized carbons (Fsp3) is 0.333. The Morgan fingerprint density at radius 1 is 1.41 bits per heavy atom. The molecule has 6 nitrogen and oxygen atoms in total. The molecule has 0 radical (unpaired) electrons. The first-order valence-electron chi connectivity index (χ1n) is 6.66. The minimum absolute atomic E-state index is 0. The van der Waals surface area contributed by atoms with E-state index in [2.05, 4.69) is 22.2 Å². The summed E-state index contributed by atoms with van der Waals surface area (Å²) in [4.78, 5) is 15.1. The Hall–Kier alpha value is -1.77. The number of benzene rings is 1. The van der Waals surface area contributed by atoms with Crippen LogP contribution in [0.25, 0.3) is 0 Å². The van der Waals surface area contributed by atoms with Crippen LogP contribution in [0.1, 0.15) is 13.8 Å². The monoisotopic (exact) mass is 418 g/mol. The number of rotatable bonds is 7. The number of hydrogen-bond acceptors (Lipinski definition) is 3. The average Bonchev–Trinajstić information content (AvgIpc) is 2.41. The highest BCUT2D eigenvalue weighted by Gasteiger charge is 1.99. The van der Waals surface area contributed by atoms with E-state index in [1.807, 2.05) is 19.1 Å². The van der Waals surface area contributed by atoms with Crippen molar-refractivity contribution in [3.8, 4) is 5.75 Å². The van der Waals surface area contributed by atoms with E-state index >= 15 is 0 Å². The maximum atomic E-state index is 11.0. The summed E-state index contributed by atoms with van der Waals surface area (Å²) in [5.74, 6) is 0.935. The van der Waals surface area contributed by atoms with Crippen molar-refractivity contribution in [3.63, 3.8) is 0 Å². The van der Waals surface area contributed by atoms with Crippen LogP contribution in [0.4, 0.5) is 5.69 Å². The van der Waals surface area contributed by atoms with Crippen molar-refractivity contribution in [1.29, 1.82) is 0 Å². The molecule has 122 valence electrons. The van der Waals surface area contributed by atoms with Crippen LogP contribution in [0.15, 0.2) is 41.4 Å². The van der Waals surface area contributed by atoms with E-state index in [4.69, 9.17) is 10.5 Å². The lowest BCUT2D eigenvalue weighted by Crippen LogP contribution is -2.34. The molecule has 0 unspecified atom stereocenters. The second-order valence-corrected chi connectivity index (χ2v) is 4.64. The molecule has 22 heavy (non-hydrogen) atoms. The Balaban J connectivity index is 0.00000441. The number of guanidine groups is 1. The van der Waals surface area contributed by atoms with Crippen LogP contribution >= 0.6 is 24.0 Å². The second-order valence-electron chi connectivity index (χ2n) is 4.64. The number of nitrogens with one attached hydrogen (secondary N) is 2. The molecule has 0 aliphatic heterocycles. The average molecular weight is 418 g/mol. The summed E-state index contributed by atoms with van der Waals surface area (Å²) in [6.45, 7) is 8.59. The van der Waals surface area contributed by atoms with Gasteiger partial charge in [-0.15, -0.1) is 24.0 Å². The topological polar surface area (TPSA) is 88.7 Å². The summed E-state index contributed by atoms with van der Waals surface area (Å²) in [6, 6.07) is 7.20. The van der Waals surface area contributed by atoms with Gasteiger partial charge in [0.2, 0.25) is 5.91 Å². The van der Waals surface area contributed by atoms with Gasteiger partial charge in [0, 0.05) is 18.7 Å². The molecule has 1 aromatic rings. The normalized spacial score (nSPS) is 10.4. The molecule has 0 heterocycles. The van der Waals surface area contributed by atoms with Crippen LogP contribution in [0.3, 0.4) is 0 Å². The van der Waals surface area contributed by atoms with Crippen molar-refractivity contribution in [2.24, 2.45) is 10.7 Å². The van der Waals surface area contributed by atoms with Gasteiger partial charge in [-0.1, -0.05) is 18.2 Å². The number of carbonyl (C=O) groups excluding carboxylic acids is 1. The number of amides is 1. The molecule has 0 fully saturated rings. The van der Waals surface area contributed by atoms with Gasteiger partial charge in [-0.3, -0.25) is 4.79 Å². The van der Waals surface area contributed by atoms with E-state index in [0.717, 1.165) is 5.57 Å². The highest BCUT2D eigenvalue weighted by Crippen LogP contribution is 2.16. The van der Waals surface area contributed by atoms with Crippen LogP contribution in [0.5, 0.6) is 5.75 Å². The van der Waals surface area contributed by atoms with Crippen molar-refractivity contribution in [2.45, 2.75) is 13.8 Å². The van der Waals surface area contributed by atoms with Gasteiger partial charge in [0.1, 0.15) is 12.4 Å². The first kappa shape index (κ1) is 20.2. The van der Waals surface area contributed by atoms with Gasteiger partial charge in [0.15, 0.2) is 5.96 Å². The molecule has 4 N–H and O–H groups in total. The third-order valence-corrected chi connectivity index (χ3v) is 2.35. The van der Waals surface area contributed by atoms with Crippen molar-refractivity contribution < 1.29 is 9.53 Å². The molecule has 7 heteroatoms. The molecule has 1 rings (SSSR count). The van der Waals surface area contributed by atoms with E-state index in [9.17, 15) is 4.79 Å². The largest absolute Gasteiger partial charge is 0.492 e. The Kier molecular flexibility index (Phi) is 10.0. The lowest BCUT2D eigenvalue weighted by atomic mass is 10.3. The first-order valence-corrected chi connectivity index (χ1v) is 6.66. The Morgan fingerprint density at radius 3 is 2.77 bits per heavy atom. The number of carbonyl (C=O) groups is 1. The number of nitrogens with two attached hydrogens (primary N) is 1. The van der Waals surface area contributed by atoms with Crippen molar-refractivity contribution >= 4 is 41.5 Å². The summed E-state index contributed by atoms with van der Waals surface area (Å²) in [5.41, 5.74) is 7.33. The number of aliphatic imine (C=N–C) groups is 1. The van der Waals surface area contributed by atoms with Crippen LogP contribution in [-0.4, -0.2) is 31.6 Å². The predicted octanol–water partition coefficient (Wildman–Crippen LogP) is 2.12. The minimum atomic E-state index is -0.115. The molecule has 0 aliphatic rings. The number of ether oxygens (including phenoxy) is 1. The molecule has 0 saturated heterocycles. The van der Waals surface area contributed by atoms with Gasteiger partial charge in [-0.25, -0.2) is 4.99 Å². The molecule has 0 saturated carbocycles. The van der Waals surface area contributed by atoms with Crippen molar-refractivity contribution in [1.82, 2.24) is 5.32 Å². The van der Waals surface area contributed by atoms with Crippen molar-refractivity contribution in [3.05, 3.63) is 36.4 Å². The van der Waals surface area contributed by atoms with Gasteiger partial charge >= 0.3 is 0 Å². The first-order chi connectivity index (χ1) is 9.97. The number of hydrogen-bond donors (Lipinski definition) is 3. The molecule has 0 aliphatic carbocycles. The zero-order valence-corrected chi connectivity index (χ0v) is 15.2. The molecule has 0 atom stereocenters. The summed E-state index contributed by atoms with van der Waals surface area (Å²) in [6.07, 6.45) is 0. The van der Waals surface area contributed by atoms with Crippen molar-refractivity contribution in [2.75, 3.05) is 25.0 Å². The highest BCUT2D eigenvalue weighted by molar-refractivity contribution is 14.0. The summed E-state index contributed by atoms with van der Waals surface area (Å²) in [7, 11) is 0. The molecule has 0 bridgehead atoms. The molecular weight excluding hydrogens is 395 g/mol. The highest BCUT2D eigenvalue weighted by atomic mass is 127. The predicted molar refractivity (Wildman–Crippen MR) is 101 cm³/mol. The third-order valence-electron chi connectivity index (χ3n) is 2.35. The fourth-order valence-corrected chi connectivity index (χ4v) is 1.49. The second kappa shape index (κ2) is 10.9. The Morgan fingerprint density at radius 2 is 2.14 bits per heavy atom. The lowest BCUT2D eigenvalue weighted by molar-refractivity contribution is -0.114. The standard InChI is InChI=1S/C15H22N4O2.HI/c1-11(2)10-18-15(16)17-7-8-21-14-6-4-5-13(9-14)19-12(3)20;/h4-6,9H,1,7-8,10H2,2-3H3,(H,19,20)(H3,16,17,18);1H. The Bertz CT molecular complexity index is 532. The smallest absolute Gasteiger partial charge is 0.221 e. The zero-order valence-electron chi connectivity index (χ0n) is 12.9. The summed E-state index contributed by atoms with van der Waals surface area (Å²) in [5, 5.41) is 5.65. The third kappa shape index (κ3) is 9.22. The summed E-state index contributed by atoms with van der Waals surface area (Å²) >= 11 is 0. The zero-order chi connectivity index (χ0) is 15.7. The van der Waals surface area contributed by atoms with E-state index in [0.29, 0.717) is 37.1 Å². The van der Waals surface area contributed by atoms with Crippen LogP contribution < -0.4 is 21.1 Å². The van der Waals surface area contributed by atoms with Gasteiger partial charge < -0.3 is 21.1 Å². The van der Waals surface area contributed by atoms with Gasteiger partial charge in [-0.05, 0) is 19.1 Å². The quantitative estimate of drug-likeness (QED) is 0.208.